The molecule has 2 N–H and O–H groups in total. The van der Waals surface area contributed by atoms with E-state index in [1.165, 1.54) is 18.5 Å². The van der Waals surface area contributed by atoms with Crippen molar-refractivity contribution in [2.24, 2.45) is 0 Å². The van der Waals surface area contributed by atoms with Crippen molar-refractivity contribution in [2.75, 3.05) is 11.0 Å². The average Bonchev–Trinajstić information content (AvgIpc) is 1.93. The molecule has 0 aliphatic carbocycles. The second kappa shape index (κ2) is 3.34. The largest absolute Gasteiger partial charge is 0.327 e. The van der Waals surface area contributed by atoms with Gasteiger partial charge in [0, 0.05) is 18.5 Å². The monoisotopic (exact) mass is 172 g/mol. The van der Waals surface area contributed by atoms with Crippen LogP contribution in [0.5, 0.6) is 0 Å². The molecule has 0 fully saturated rings. The molecule has 0 aromatic carbocycles. The number of H-pyrrole nitrogens is 1. The van der Waals surface area contributed by atoms with Crippen molar-refractivity contribution < 1.29 is 4.21 Å². The summed E-state index contributed by atoms with van der Waals surface area (Å²) in [6.45, 7) is 0. The van der Waals surface area contributed by atoms with Crippen molar-refractivity contribution in [3.8, 4) is 0 Å². The third-order valence-electron chi connectivity index (χ3n) is 1.05. The van der Waals surface area contributed by atoms with Crippen molar-refractivity contribution in [3.63, 3.8) is 0 Å². The SMILES string of the molecule is CS(=O)Nc1ccc(=O)[nH]c1. The van der Waals surface area contributed by atoms with E-state index in [9.17, 15) is 9.00 Å². The quantitative estimate of drug-likeness (QED) is 0.663. The molecule has 1 heterocycles. The summed E-state index contributed by atoms with van der Waals surface area (Å²) in [4.78, 5) is 13.0. The molecule has 0 amide bonds. The fourth-order valence-electron chi connectivity index (χ4n) is 0.640. The van der Waals surface area contributed by atoms with Crippen molar-refractivity contribution in [1.82, 2.24) is 4.98 Å². The van der Waals surface area contributed by atoms with E-state index in [1.54, 1.807) is 6.07 Å². The van der Waals surface area contributed by atoms with Gasteiger partial charge < -0.3 is 9.71 Å². The summed E-state index contributed by atoms with van der Waals surface area (Å²) < 4.78 is 13.2. The Morgan fingerprint density at radius 1 is 1.55 bits per heavy atom. The van der Waals surface area contributed by atoms with Crippen LogP contribution in [-0.4, -0.2) is 15.4 Å². The first-order chi connectivity index (χ1) is 5.18. The van der Waals surface area contributed by atoms with Gasteiger partial charge in [0.25, 0.3) is 0 Å². The Bertz CT molecular complexity index is 300. The van der Waals surface area contributed by atoms with Gasteiger partial charge in [0.1, 0.15) is 11.0 Å². The molecule has 4 nitrogen and oxygen atoms in total. The van der Waals surface area contributed by atoms with E-state index < -0.39 is 11.0 Å². The molecule has 1 atom stereocenters. The molecule has 11 heavy (non-hydrogen) atoms. The fourth-order valence-corrected chi connectivity index (χ4v) is 1.10. The Hall–Kier alpha value is -1.10. The molecule has 1 aromatic heterocycles. The van der Waals surface area contributed by atoms with Gasteiger partial charge in [0.15, 0.2) is 0 Å². The predicted octanol–water partition coefficient (Wildman–Crippen LogP) is 0.0803. The number of hydrogen-bond donors (Lipinski definition) is 2. The second-order valence-electron chi connectivity index (χ2n) is 2.00. The van der Waals surface area contributed by atoms with Crippen LogP contribution in [-0.2, 0) is 11.0 Å². The zero-order chi connectivity index (χ0) is 8.27. The molecule has 60 valence electrons. The second-order valence-corrected chi connectivity index (χ2v) is 3.11. The van der Waals surface area contributed by atoms with E-state index in [4.69, 9.17) is 0 Å². The number of aromatic amines is 1. The Morgan fingerprint density at radius 3 is 2.73 bits per heavy atom. The normalized spacial score (nSPS) is 12.5. The lowest BCUT2D eigenvalue weighted by Gasteiger charge is -1.98. The van der Waals surface area contributed by atoms with Crippen molar-refractivity contribution >= 4 is 16.7 Å². The van der Waals surface area contributed by atoms with Crippen molar-refractivity contribution in [3.05, 3.63) is 28.7 Å². The Kier molecular flexibility index (Phi) is 2.43. The van der Waals surface area contributed by atoms with Gasteiger partial charge in [-0.25, -0.2) is 4.21 Å². The van der Waals surface area contributed by atoms with Gasteiger partial charge in [-0.15, -0.1) is 0 Å². The minimum Gasteiger partial charge on any atom is -0.327 e. The maximum atomic E-state index is 10.6. The Balaban J connectivity index is 2.82. The van der Waals surface area contributed by atoms with Crippen LogP contribution < -0.4 is 10.3 Å². The van der Waals surface area contributed by atoms with Crippen molar-refractivity contribution in [1.29, 1.82) is 0 Å². The van der Waals surface area contributed by atoms with Gasteiger partial charge in [0.2, 0.25) is 5.56 Å². The van der Waals surface area contributed by atoms with E-state index >= 15 is 0 Å². The van der Waals surface area contributed by atoms with E-state index in [2.05, 4.69) is 9.71 Å². The zero-order valence-corrected chi connectivity index (χ0v) is 6.77. The minimum atomic E-state index is -1.10. The summed E-state index contributed by atoms with van der Waals surface area (Å²) in [7, 11) is -1.10. The number of hydrogen-bond acceptors (Lipinski definition) is 2. The molecule has 0 radical (unpaired) electrons. The smallest absolute Gasteiger partial charge is 0.248 e. The lowest BCUT2D eigenvalue weighted by atomic mass is 10.4. The summed E-state index contributed by atoms with van der Waals surface area (Å²) in [5.74, 6) is 0. The minimum absolute atomic E-state index is 0.169. The third kappa shape index (κ3) is 2.55. The Morgan fingerprint density at radius 2 is 2.27 bits per heavy atom. The standard InChI is InChI=1S/C6H8N2O2S/c1-11(10)8-5-2-3-6(9)7-4-5/h2-4,8H,1H3,(H,7,9). The first kappa shape index (κ1) is 8.00. The van der Waals surface area contributed by atoms with E-state index in [0.717, 1.165) is 0 Å². The van der Waals surface area contributed by atoms with Crippen LogP contribution in [0.3, 0.4) is 0 Å². The summed E-state index contributed by atoms with van der Waals surface area (Å²) in [6.07, 6.45) is 2.99. The van der Waals surface area contributed by atoms with Gasteiger partial charge in [-0.3, -0.25) is 4.79 Å². The van der Waals surface area contributed by atoms with Crippen molar-refractivity contribution in [2.45, 2.75) is 0 Å². The molecule has 0 saturated carbocycles. The molecule has 1 rings (SSSR count). The number of rotatable bonds is 2. The number of aromatic nitrogens is 1. The zero-order valence-electron chi connectivity index (χ0n) is 5.96. The molecule has 1 unspecified atom stereocenters. The van der Waals surface area contributed by atoms with Crippen LogP contribution in [0.1, 0.15) is 0 Å². The molecule has 0 aliphatic rings. The average molecular weight is 172 g/mol. The Labute approximate surface area is 66.2 Å². The molecule has 1 aromatic rings. The summed E-state index contributed by atoms with van der Waals surface area (Å²) in [6, 6.07) is 2.94. The summed E-state index contributed by atoms with van der Waals surface area (Å²) >= 11 is 0. The van der Waals surface area contributed by atoms with Crippen LogP contribution in [0.2, 0.25) is 0 Å². The molecule has 0 spiro atoms. The summed E-state index contributed by atoms with van der Waals surface area (Å²) in [5, 5.41) is 0. The highest BCUT2D eigenvalue weighted by Gasteiger charge is 1.91. The predicted molar refractivity (Wildman–Crippen MR) is 44.8 cm³/mol. The van der Waals surface area contributed by atoms with Crippen LogP contribution >= 0.6 is 0 Å². The number of nitrogens with one attached hydrogen (secondary N) is 2. The topological polar surface area (TPSA) is 62.0 Å². The lowest BCUT2D eigenvalue weighted by Crippen LogP contribution is -2.06. The molecular weight excluding hydrogens is 164 g/mol. The third-order valence-corrected chi connectivity index (χ3v) is 1.57. The van der Waals surface area contributed by atoms with Crippen LogP contribution in [0.4, 0.5) is 5.69 Å². The first-order valence-corrected chi connectivity index (χ1v) is 4.53. The van der Waals surface area contributed by atoms with Gasteiger partial charge >= 0.3 is 0 Å². The summed E-state index contributed by atoms with van der Waals surface area (Å²) in [5.41, 5.74) is 0.475. The van der Waals surface area contributed by atoms with Gasteiger partial charge in [-0.1, -0.05) is 0 Å². The molecule has 0 bridgehead atoms. The van der Waals surface area contributed by atoms with Crippen LogP contribution in [0.25, 0.3) is 0 Å². The highest BCUT2D eigenvalue weighted by atomic mass is 32.2. The van der Waals surface area contributed by atoms with E-state index in [1.807, 2.05) is 0 Å². The molecule has 5 heteroatoms. The number of anilines is 1. The first-order valence-electron chi connectivity index (χ1n) is 2.97. The van der Waals surface area contributed by atoms with Crippen LogP contribution in [0.15, 0.2) is 23.1 Å². The molecule has 0 aliphatic heterocycles. The van der Waals surface area contributed by atoms with Crippen LogP contribution in [0, 0.1) is 0 Å². The number of pyridine rings is 1. The van der Waals surface area contributed by atoms with E-state index in [0.29, 0.717) is 5.69 Å². The van der Waals surface area contributed by atoms with E-state index in [-0.39, 0.29) is 5.56 Å². The maximum absolute atomic E-state index is 10.6. The lowest BCUT2D eigenvalue weighted by molar-refractivity contribution is 0.690. The molecular formula is C6H8N2O2S. The van der Waals surface area contributed by atoms with Gasteiger partial charge in [-0.05, 0) is 6.07 Å². The molecule has 0 saturated heterocycles. The van der Waals surface area contributed by atoms with Gasteiger partial charge in [-0.2, -0.15) is 0 Å². The van der Waals surface area contributed by atoms with Gasteiger partial charge in [0.05, 0.1) is 5.69 Å². The highest BCUT2D eigenvalue weighted by molar-refractivity contribution is 7.85. The maximum Gasteiger partial charge on any atom is 0.248 e. The fraction of sp³-hybridized carbons (Fsp3) is 0.167. The highest BCUT2D eigenvalue weighted by Crippen LogP contribution is 2.00.